The monoisotopic (exact) mass is 328 g/mol. The lowest BCUT2D eigenvalue weighted by Crippen LogP contribution is -1.99. The predicted octanol–water partition coefficient (Wildman–Crippen LogP) is 3.80. The van der Waals surface area contributed by atoms with E-state index in [0.717, 1.165) is 0 Å². The number of ether oxygens (including phenoxy) is 1. The quantitative estimate of drug-likeness (QED) is 0.925. The van der Waals surface area contributed by atoms with Crippen LogP contribution in [0.2, 0.25) is 0 Å². The fraction of sp³-hybridized carbons (Fsp3) is 0.143. The van der Waals surface area contributed by atoms with Gasteiger partial charge in [-0.25, -0.2) is 8.78 Å². The molecule has 0 bridgehead atoms. The predicted molar refractivity (Wildman–Crippen MR) is 70.8 cm³/mol. The Bertz CT molecular complexity index is 567. The van der Waals surface area contributed by atoms with Crippen LogP contribution in [0.15, 0.2) is 40.9 Å². The Labute approximate surface area is 117 Å². The van der Waals surface area contributed by atoms with E-state index in [4.69, 9.17) is 9.84 Å². The molecule has 0 aromatic heterocycles. The first-order chi connectivity index (χ1) is 9.08. The third kappa shape index (κ3) is 3.75. The lowest BCUT2D eigenvalue weighted by Gasteiger charge is -2.08. The molecule has 0 saturated carbocycles. The normalized spacial score (nSPS) is 10.5. The summed E-state index contributed by atoms with van der Waals surface area (Å²) < 4.78 is 32.6. The number of aliphatic hydroxyl groups is 1. The van der Waals surface area contributed by atoms with Crippen LogP contribution in [0.3, 0.4) is 0 Å². The average molecular weight is 329 g/mol. The molecule has 0 radical (unpaired) electrons. The minimum Gasteiger partial charge on any atom is -0.486 e. The van der Waals surface area contributed by atoms with Gasteiger partial charge in [-0.05, 0) is 41.5 Å². The van der Waals surface area contributed by atoms with Gasteiger partial charge in [0.05, 0.1) is 6.61 Å². The summed E-state index contributed by atoms with van der Waals surface area (Å²) in [5.74, 6) is -0.872. The molecule has 2 nitrogen and oxygen atoms in total. The van der Waals surface area contributed by atoms with Crippen molar-refractivity contribution in [3.63, 3.8) is 0 Å². The number of benzene rings is 2. The third-order valence-electron chi connectivity index (χ3n) is 2.50. The average Bonchev–Trinajstić information content (AvgIpc) is 2.36. The number of halogens is 3. The van der Waals surface area contributed by atoms with Crippen LogP contribution in [0.5, 0.6) is 5.75 Å². The molecule has 5 heteroatoms. The number of hydrogen-bond donors (Lipinski definition) is 1. The highest BCUT2D eigenvalue weighted by Crippen LogP contribution is 2.21. The van der Waals surface area contributed by atoms with Gasteiger partial charge in [0, 0.05) is 4.47 Å². The van der Waals surface area contributed by atoms with Crippen LogP contribution in [0.4, 0.5) is 8.78 Å². The molecule has 0 unspecified atom stereocenters. The number of rotatable bonds is 4. The first-order valence-corrected chi connectivity index (χ1v) is 6.35. The van der Waals surface area contributed by atoms with Gasteiger partial charge in [-0.1, -0.05) is 22.0 Å². The highest BCUT2D eigenvalue weighted by atomic mass is 79.9. The Hall–Kier alpha value is -1.46. The summed E-state index contributed by atoms with van der Waals surface area (Å²) in [6.07, 6.45) is 0. The molecule has 2 aromatic carbocycles. The van der Waals surface area contributed by atoms with E-state index >= 15 is 0 Å². The third-order valence-corrected chi connectivity index (χ3v) is 2.95. The molecule has 0 heterocycles. The van der Waals surface area contributed by atoms with E-state index in [1.54, 1.807) is 12.1 Å². The van der Waals surface area contributed by atoms with Crippen LogP contribution in [0.1, 0.15) is 11.1 Å². The molecule has 0 atom stereocenters. The smallest absolute Gasteiger partial charge is 0.165 e. The molecule has 19 heavy (non-hydrogen) atoms. The number of hydrogen-bond acceptors (Lipinski definition) is 2. The Morgan fingerprint density at radius 2 is 1.84 bits per heavy atom. The van der Waals surface area contributed by atoms with Crippen molar-refractivity contribution in [1.82, 2.24) is 0 Å². The zero-order chi connectivity index (χ0) is 13.8. The van der Waals surface area contributed by atoms with Gasteiger partial charge in [0.2, 0.25) is 0 Å². The topological polar surface area (TPSA) is 29.5 Å². The van der Waals surface area contributed by atoms with Gasteiger partial charge in [-0.15, -0.1) is 0 Å². The van der Waals surface area contributed by atoms with Crippen molar-refractivity contribution in [2.24, 2.45) is 0 Å². The van der Waals surface area contributed by atoms with Gasteiger partial charge in [0.15, 0.2) is 11.6 Å². The second-order valence-corrected chi connectivity index (χ2v) is 4.90. The van der Waals surface area contributed by atoms with Gasteiger partial charge >= 0.3 is 0 Å². The molecular weight excluding hydrogens is 318 g/mol. The van der Waals surface area contributed by atoms with E-state index < -0.39 is 5.82 Å². The van der Waals surface area contributed by atoms with E-state index in [1.165, 1.54) is 24.3 Å². The molecule has 0 saturated heterocycles. The van der Waals surface area contributed by atoms with E-state index in [9.17, 15) is 8.78 Å². The summed E-state index contributed by atoms with van der Waals surface area (Å²) in [5, 5.41) is 8.87. The Morgan fingerprint density at radius 1 is 1.05 bits per heavy atom. The standard InChI is InChI=1S/C14H11BrF2O2/c15-11-3-10(4-12(16)6-11)8-19-14-2-1-9(7-18)5-13(14)17/h1-6,18H,7-8H2. The van der Waals surface area contributed by atoms with Crippen LogP contribution in [-0.2, 0) is 13.2 Å². The molecule has 0 amide bonds. The van der Waals surface area contributed by atoms with Gasteiger partial charge < -0.3 is 9.84 Å². The second kappa shape index (κ2) is 6.12. The Balaban J connectivity index is 2.10. The van der Waals surface area contributed by atoms with Gasteiger partial charge in [0.1, 0.15) is 12.4 Å². The molecular formula is C14H11BrF2O2. The van der Waals surface area contributed by atoms with Crippen molar-refractivity contribution in [3.05, 3.63) is 63.6 Å². The van der Waals surface area contributed by atoms with Gasteiger partial charge in [-0.3, -0.25) is 0 Å². The molecule has 2 aromatic rings. The maximum absolute atomic E-state index is 13.6. The lowest BCUT2D eigenvalue weighted by atomic mass is 10.2. The molecule has 0 aliphatic heterocycles. The molecule has 0 aliphatic carbocycles. The second-order valence-electron chi connectivity index (χ2n) is 3.99. The molecule has 100 valence electrons. The van der Waals surface area contributed by atoms with Crippen LogP contribution in [0.25, 0.3) is 0 Å². The van der Waals surface area contributed by atoms with E-state index in [0.29, 0.717) is 15.6 Å². The minimum absolute atomic E-state index is 0.0613. The lowest BCUT2D eigenvalue weighted by molar-refractivity contribution is 0.276. The summed E-state index contributed by atoms with van der Waals surface area (Å²) in [5.41, 5.74) is 1.07. The van der Waals surface area contributed by atoms with Crippen molar-refractivity contribution >= 4 is 15.9 Å². The van der Waals surface area contributed by atoms with E-state index in [-0.39, 0.29) is 24.8 Å². The first-order valence-electron chi connectivity index (χ1n) is 5.55. The summed E-state index contributed by atoms with van der Waals surface area (Å²) >= 11 is 3.18. The van der Waals surface area contributed by atoms with Gasteiger partial charge in [0.25, 0.3) is 0 Å². The molecule has 0 fully saturated rings. The number of aliphatic hydroxyl groups excluding tert-OH is 1. The summed E-state index contributed by atoms with van der Waals surface area (Å²) in [4.78, 5) is 0. The fourth-order valence-electron chi connectivity index (χ4n) is 1.62. The minimum atomic E-state index is -0.554. The van der Waals surface area contributed by atoms with Crippen LogP contribution >= 0.6 is 15.9 Å². The van der Waals surface area contributed by atoms with Gasteiger partial charge in [-0.2, -0.15) is 0 Å². The Kier molecular flexibility index (Phi) is 4.50. The van der Waals surface area contributed by atoms with E-state index in [1.807, 2.05) is 0 Å². The van der Waals surface area contributed by atoms with Crippen LogP contribution in [-0.4, -0.2) is 5.11 Å². The fourth-order valence-corrected chi connectivity index (χ4v) is 2.13. The summed E-state index contributed by atoms with van der Waals surface area (Å²) in [6, 6.07) is 8.57. The zero-order valence-corrected chi connectivity index (χ0v) is 11.5. The molecule has 0 spiro atoms. The van der Waals surface area contributed by atoms with Crippen molar-refractivity contribution in [3.8, 4) is 5.75 Å². The summed E-state index contributed by atoms with van der Waals surface area (Å²) in [7, 11) is 0. The Morgan fingerprint density at radius 3 is 2.47 bits per heavy atom. The van der Waals surface area contributed by atoms with Crippen molar-refractivity contribution in [1.29, 1.82) is 0 Å². The van der Waals surface area contributed by atoms with Crippen LogP contribution < -0.4 is 4.74 Å². The van der Waals surface area contributed by atoms with Crippen molar-refractivity contribution < 1.29 is 18.6 Å². The van der Waals surface area contributed by atoms with Crippen molar-refractivity contribution in [2.75, 3.05) is 0 Å². The highest BCUT2D eigenvalue weighted by Gasteiger charge is 2.06. The van der Waals surface area contributed by atoms with Crippen LogP contribution in [0, 0.1) is 11.6 Å². The van der Waals surface area contributed by atoms with E-state index in [2.05, 4.69) is 15.9 Å². The molecule has 1 N–H and O–H groups in total. The first kappa shape index (κ1) is 14.0. The highest BCUT2D eigenvalue weighted by molar-refractivity contribution is 9.10. The maximum Gasteiger partial charge on any atom is 0.165 e. The summed E-state index contributed by atoms with van der Waals surface area (Å²) in [6.45, 7) is -0.167. The largest absolute Gasteiger partial charge is 0.486 e. The van der Waals surface area contributed by atoms with Crippen molar-refractivity contribution in [2.45, 2.75) is 13.2 Å². The maximum atomic E-state index is 13.6. The SMILES string of the molecule is OCc1ccc(OCc2cc(F)cc(Br)c2)c(F)c1. The zero-order valence-electron chi connectivity index (χ0n) is 9.87. The molecule has 2 rings (SSSR count). The molecule has 0 aliphatic rings.